The second-order valence-corrected chi connectivity index (χ2v) is 11.0. The lowest BCUT2D eigenvalue weighted by Crippen LogP contribution is -2.27. The number of aliphatic hydroxyl groups is 1. The maximum Gasteiger partial charge on any atom is 0.130 e. The number of benzene rings is 2. The highest BCUT2D eigenvalue weighted by Gasteiger charge is 2.32. The van der Waals surface area contributed by atoms with E-state index in [1.54, 1.807) is 30.8 Å². The third-order valence-electron chi connectivity index (χ3n) is 7.86. The number of hydrogen-bond donors (Lipinski definition) is 1. The fourth-order valence-electron chi connectivity index (χ4n) is 6.00. The zero-order valence-corrected chi connectivity index (χ0v) is 22.4. The molecule has 9 heteroatoms. The first kappa shape index (κ1) is 25.6. The number of aromatic nitrogens is 5. The van der Waals surface area contributed by atoms with Crippen LogP contribution in [0.3, 0.4) is 0 Å². The van der Waals surface area contributed by atoms with Crippen molar-refractivity contribution in [1.82, 2.24) is 24.5 Å². The highest BCUT2D eigenvalue weighted by Crippen LogP contribution is 2.42. The molecule has 4 heterocycles. The molecule has 0 amide bonds. The summed E-state index contributed by atoms with van der Waals surface area (Å²) in [6.45, 7) is 6.32. The van der Waals surface area contributed by atoms with Gasteiger partial charge in [-0.25, -0.2) is 13.5 Å². The maximum atomic E-state index is 15.4. The number of hydrogen-bond acceptors (Lipinski definition) is 5. The molecule has 1 aliphatic rings. The minimum atomic E-state index is -1.39. The molecule has 7 nitrogen and oxygen atoms in total. The smallest absolute Gasteiger partial charge is 0.130 e. The fourth-order valence-corrected chi connectivity index (χ4v) is 6.00. The van der Waals surface area contributed by atoms with Gasteiger partial charge in [0.25, 0.3) is 0 Å². The quantitative estimate of drug-likeness (QED) is 0.310. The van der Waals surface area contributed by atoms with E-state index in [-0.39, 0.29) is 23.3 Å². The Balaban J connectivity index is 1.71. The molecule has 0 radical (unpaired) electrons. The van der Waals surface area contributed by atoms with E-state index in [2.05, 4.69) is 14.9 Å². The van der Waals surface area contributed by atoms with Crippen LogP contribution in [0, 0.1) is 24.5 Å². The second-order valence-electron chi connectivity index (χ2n) is 11.0. The van der Waals surface area contributed by atoms with Crippen LogP contribution in [0.5, 0.6) is 0 Å². The van der Waals surface area contributed by atoms with Crippen LogP contribution in [0.1, 0.15) is 49.6 Å². The van der Waals surface area contributed by atoms with Gasteiger partial charge in [-0.15, -0.1) is 5.10 Å². The Hall–Kier alpha value is -3.69. The zero-order chi connectivity index (χ0) is 27.5. The molecule has 1 N–H and O–H groups in total. The van der Waals surface area contributed by atoms with Crippen LogP contribution < -0.4 is 0 Å². The Morgan fingerprint density at radius 2 is 1.77 bits per heavy atom. The van der Waals surface area contributed by atoms with Gasteiger partial charge in [0.2, 0.25) is 0 Å². The van der Waals surface area contributed by atoms with Crippen LogP contribution in [0.25, 0.3) is 33.2 Å². The van der Waals surface area contributed by atoms with Gasteiger partial charge in [0, 0.05) is 43.0 Å². The molecule has 39 heavy (non-hydrogen) atoms. The molecule has 5 aromatic rings. The summed E-state index contributed by atoms with van der Waals surface area (Å²) < 4.78 is 39.0. The minimum absolute atomic E-state index is 0.183. The minimum Gasteiger partial charge on any atom is -0.386 e. The van der Waals surface area contributed by atoms with Gasteiger partial charge in [0.05, 0.1) is 39.6 Å². The first-order valence-electron chi connectivity index (χ1n) is 13.2. The van der Waals surface area contributed by atoms with Crippen molar-refractivity contribution in [2.45, 2.75) is 45.3 Å². The number of nitrogens with zero attached hydrogens (tertiary/aromatic N) is 5. The van der Waals surface area contributed by atoms with Gasteiger partial charge in [0.15, 0.2) is 0 Å². The third kappa shape index (κ3) is 4.39. The van der Waals surface area contributed by atoms with E-state index in [0.29, 0.717) is 24.1 Å². The first-order valence-corrected chi connectivity index (χ1v) is 13.2. The van der Waals surface area contributed by atoms with Gasteiger partial charge in [-0.05, 0) is 75.4 Å². The molecule has 0 bridgehead atoms. The summed E-state index contributed by atoms with van der Waals surface area (Å²) in [7, 11) is 1.84. The molecular formula is C30H31F2N5O2. The predicted molar refractivity (Wildman–Crippen MR) is 145 cm³/mol. The summed E-state index contributed by atoms with van der Waals surface area (Å²) in [5.74, 6) is -0.611. The molecule has 0 aliphatic carbocycles. The standard InChI is InChI=1S/C30H31F2N5O2/c1-17-28(36(4)35-34-17)20-13-26-27(33-16-20)22-14-24(32)23(30(2,3)38)15-25(22)37(26)29(19-9-11-39-12-10-19)18-5-7-21(31)8-6-18/h5-8,13-16,19,29,38H,9-12H2,1-4H3. The maximum absolute atomic E-state index is 15.4. The van der Waals surface area contributed by atoms with Crippen LogP contribution in [-0.4, -0.2) is 42.9 Å². The topological polar surface area (TPSA) is 78.0 Å². The Kier molecular flexibility index (Phi) is 6.23. The van der Waals surface area contributed by atoms with Crippen LogP contribution in [-0.2, 0) is 17.4 Å². The van der Waals surface area contributed by atoms with Crippen LogP contribution in [0.2, 0.25) is 0 Å². The number of fused-ring (bicyclic) bond motifs is 3. The molecular weight excluding hydrogens is 500 g/mol. The predicted octanol–water partition coefficient (Wildman–Crippen LogP) is 5.82. The SMILES string of the molecule is Cc1nnn(C)c1-c1cnc2c3cc(F)c(C(C)(C)O)cc3n(C(c3ccc(F)cc3)C3CCOCC3)c2c1. The molecule has 2 aromatic carbocycles. The van der Waals surface area contributed by atoms with E-state index in [1.165, 1.54) is 18.2 Å². The van der Waals surface area contributed by atoms with E-state index in [0.717, 1.165) is 46.4 Å². The monoisotopic (exact) mass is 531 g/mol. The van der Waals surface area contributed by atoms with Crippen LogP contribution in [0.4, 0.5) is 8.78 Å². The lowest BCUT2D eigenvalue weighted by molar-refractivity contribution is 0.0552. The average Bonchev–Trinajstić information content (AvgIpc) is 3.40. The lowest BCUT2D eigenvalue weighted by atomic mass is 9.86. The summed E-state index contributed by atoms with van der Waals surface area (Å²) in [6, 6.07) is 11.6. The van der Waals surface area contributed by atoms with Crippen molar-refractivity contribution in [3.8, 4) is 11.3 Å². The molecule has 202 valence electrons. The zero-order valence-electron chi connectivity index (χ0n) is 22.4. The van der Waals surface area contributed by atoms with Crippen LogP contribution >= 0.6 is 0 Å². The normalized spacial score (nSPS) is 15.9. The highest BCUT2D eigenvalue weighted by molar-refractivity contribution is 6.07. The van der Waals surface area contributed by atoms with Gasteiger partial charge < -0.3 is 14.4 Å². The van der Waals surface area contributed by atoms with Gasteiger partial charge in [-0.2, -0.15) is 0 Å². The highest BCUT2D eigenvalue weighted by atomic mass is 19.1. The number of ether oxygens (including phenoxy) is 1. The largest absolute Gasteiger partial charge is 0.386 e. The van der Waals surface area contributed by atoms with E-state index < -0.39 is 11.4 Å². The first-order chi connectivity index (χ1) is 18.6. The van der Waals surface area contributed by atoms with Crippen molar-refractivity contribution in [2.24, 2.45) is 13.0 Å². The number of pyridine rings is 1. The third-order valence-corrected chi connectivity index (χ3v) is 7.86. The van der Waals surface area contributed by atoms with Crippen molar-refractivity contribution in [1.29, 1.82) is 0 Å². The van der Waals surface area contributed by atoms with Crippen molar-refractivity contribution in [2.75, 3.05) is 13.2 Å². The van der Waals surface area contributed by atoms with E-state index in [1.807, 2.05) is 32.2 Å². The molecule has 1 atom stereocenters. The van der Waals surface area contributed by atoms with Gasteiger partial charge in [-0.1, -0.05) is 17.3 Å². The molecule has 0 saturated carbocycles. The summed E-state index contributed by atoms with van der Waals surface area (Å²) in [5.41, 5.74) is 4.44. The molecule has 0 spiro atoms. The number of aryl methyl sites for hydroxylation is 2. The van der Waals surface area contributed by atoms with Gasteiger partial charge >= 0.3 is 0 Å². The van der Waals surface area contributed by atoms with E-state index >= 15 is 4.39 Å². The average molecular weight is 532 g/mol. The van der Waals surface area contributed by atoms with Gasteiger partial charge in [0.1, 0.15) is 11.6 Å². The van der Waals surface area contributed by atoms with Crippen molar-refractivity contribution in [3.05, 3.63) is 77.1 Å². The Morgan fingerprint density at radius 1 is 1.05 bits per heavy atom. The van der Waals surface area contributed by atoms with Crippen molar-refractivity contribution in [3.63, 3.8) is 0 Å². The molecule has 1 aliphatic heterocycles. The molecule has 3 aromatic heterocycles. The summed E-state index contributed by atoms with van der Waals surface area (Å²) in [6.07, 6.45) is 3.40. The van der Waals surface area contributed by atoms with Crippen molar-refractivity contribution < 1.29 is 18.6 Å². The van der Waals surface area contributed by atoms with Crippen molar-refractivity contribution >= 4 is 21.9 Å². The Labute approximate surface area is 225 Å². The Morgan fingerprint density at radius 3 is 2.41 bits per heavy atom. The lowest BCUT2D eigenvalue weighted by Gasteiger charge is -2.33. The summed E-state index contributed by atoms with van der Waals surface area (Å²) in [5, 5.41) is 19.8. The summed E-state index contributed by atoms with van der Waals surface area (Å²) in [4.78, 5) is 4.83. The van der Waals surface area contributed by atoms with Gasteiger partial charge in [-0.3, -0.25) is 4.98 Å². The molecule has 1 unspecified atom stereocenters. The fraction of sp³-hybridized carbons (Fsp3) is 0.367. The molecule has 6 rings (SSSR count). The molecule has 1 fully saturated rings. The Bertz CT molecular complexity index is 1660. The number of halogens is 2. The second kappa shape index (κ2) is 9.50. The molecule has 1 saturated heterocycles. The summed E-state index contributed by atoms with van der Waals surface area (Å²) >= 11 is 0. The van der Waals surface area contributed by atoms with E-state index in [9.17, 15) is 9.50 Å². The van der Waals surface area contributed by atoms with E-state index in [4.69, 9.17) is 9.72 Å². The van der Waals surface area contributed by atoms with Crippen LogP contribution in [0.15, 0.2) is 48.7 Å². The number of rotatable bonds is 5.